The van der Waals surface area contributed by atoms with E-state index in [4.69, 9.17) is 0 Å². The summed E-state index contributed by atoms with van der Waals surface area (Å²) >= 11 is 0. The van der Waals surface area contributed by atoms with Gasteiger partial charge in [-0.05, 0) is 12.1 Å². The van der Waals surface area contributed by atoms with E-state index in [0.29, 0.717) is 12.4 Å². The van der Waals surface area contributed by atoms with Crippen molar-refractivity contribution in [2.45, 2.75) is 6.54 Å². The average molecular weight is 216 g/mol. The highest BCUT2D eigenvalue weighted by atomic mass is 16.1. The van der Waals surface area contributed by atoms with Gasteiger partial charge in [0.05, 0.1) is 12.2 Å². The summed E-state index contributed by atoms with van der Waals surface area (Å²) in [7, 11) is 1.69. The lowest BCUT2D eigenvalue weighted by Gasteiger charge is -2.05. The zero-order valence-electron chi connectivity index (χ0n) is 8.92. The molecule has 2 aromatic rings. The molecule has 1 N–H and O–H groups in total. The predicted molar refractivity (Wildman–Crippen MR) is 61.0 cm³/mol. The predicted octanol–water partition coefficient (Wildman–Crippen LogP) is 0.787. The zero-order chi connectivity index (χ0) is 11.4. The normalized spacial score (nSPS) is 10.1. The number of anilines is 1. The average Bonchev–Trinajstić information content (AvgIpc) is 2.32. The SMILES string of the molecule is Cn1ccnc(NCc2ccccn2)c1=O. The van der Waals surface area contributed by atoms with E-state index in [0.717, 1.165) is 5.69 Å². The summed E-state index contributed by atoms with van der Waals surface area (Å²) in [6.45, 7) is 0.493. The van der Waals surface area contributed by atoms with Gasteiger partial charge in [0.15, 0.2) is 5.82 Å². The summed E-state index contributed by atoms with van der Waals surface area (Å²) in [4.78, 5) is 19.7. The molecule has 0 bridgehead atoms. The molecule has 2 aromatic heterocycles. The third kappa shape index (κ3) is 2.25. The number of hydrogen-bond acceptors (Lipinski definition) is 4. The number of pyridine rings is 1. The van der Waals surface area contributed by atoms with Crippen LogP contribution in [0.4, 0.5) is 5.82 Å². The van der Waals surface area contributed by atoms with E-state index in [1.54, 1.807) is 25.6 Å². The van der Waals surface area contributed by atoms with Gasteiger partial charge in [-0.25, -0.2) is 4.98 Å². The highest BCUT2D eigenvalue weighted by molar-refractivity contribution is 5.31. The lowest BCUT2D eigenvalue weighted by atomic mass is 10.3. The third-order valence-corrected chi connectivity index (χ3v) is 2.18. The summed E-state index contributed by atoms with van der Waals surface area (Å²) in [6, 6.07) is 5.64. The second kappa shape index (κ2) is 4.57. The zero-order valence-corrected chi connectivity index (χ0v) is 8.92. The van der Waals surface area contributed by atoms with E-state index in [1.165, 1.54) is 4.57 Å². The first-order valence-electron chi connectivity index (χ1n) is 4.93. The molecule has 16 heavy (non-hydrogen) atoms. The molecule has 0 aromatic carbocycles. The number of nitrogens with one attached hydrogen (secondary N) is 1. The fourth-order valence-corrected chi connectivity index (χ4v) is 1.30. The smallest absolute Gasteiger partial charge is 0.293 e. The first kappa shape index (κ1) is 10.4. The molecular formula is C11H12N4O. The van der Waals surface area contributed by atoms with Crippen molar-refractivity contribution in [3.8, 4) is 0 Å². The molecule has 82 valence electrons. The maximum atomic E-state index is 11.6. The Hall–Kier alpha value is -2.17. The van der Waals surface area contributed by atoms with Crippen LogP contribution in [-0.2, 0) is 13.6 Å². The van der Waals surface area contributed by atoms with Gasteiger partial charge in [-0.1, -0.05) is 6.07 Å². The monoisotopic (exact) mass is 216 g/mol. The molecule has 0 spiro atoms. The fourth-order valence-electron chi connectivity index (χ4n) is 1.30. The topological polar surface area (TPSA) is 59.8 Å². The van der Waals surface area contributed by atoms with Gasteiger partial charge in [0, 0.05) is 25.6 Å². The van der Waals surface area contributed by atoms with Gasteiger partial charge in [-0.2, -0.15) is 0 Å². The third-order valence-electron chi connectivity index (χ3n) is 2.18. The second-order valence-electron chi connectivity index (χ2n) is 3.37. The van der Waals surface area contributed by atoms with Gasteiger partial charge in [0.1, 0.15) is 0 Å². The molecule has 2 heterocycles. The Morgan fingerprint density at radius 3 is 2.94 bits per heavy atom. The molecule has 0 fully saturated rings. The summed E-state index contributed by atoms with van der Waals surface area (Å²) in [5.74, 6) is 0.343. The molecule has 0 aliphatic rings. The Labute approximate surface area is 92.8 Å². The van der Waals surface area contributed by atoms with E-state index in [1.807, 2.05) is 18.2 Å². The number of hydrogen-bond donors (Lipinski definition) is 1. The van der Waals surface area contributed by atoms with Crippen molar-refractivity contribution in [1.82, 2.24) is 14.5 Å². The minimum atomic E-state index is -0.140. The van der Waals surface area contributed by atoms with Crippen molar-refractivity contribution in [1.29, 1.82) is 0 Å². The first-order valence-corrected chi connectivity index (χ1v) is 4.93. The molecule has 0 saturated heterocycles. The van der Waals surface area contributed by atoms with Gasteiger partial charge >= 0.3 is 0 Å². The highest BCUT2D eigenvalue weighted by Crippen LogP contribution is 1.98. The van der Waals surface area contributed by atoms with Gasteiger partial charge < -0.3 is 9.88 Å². The maximum Gasteiger partial charge on any atom is 0.293 e. The summed E-state index contributed by atoms with van der Waals surface area (Å²) in [6.07, 6.45) is 4.92. The maximum absolute atomic E-state index is 11.6. The second-order valence-corrected chi connectivity index (χ2v) is 3.37. The van der Waals surface area contributed by atoms with Crippen LogP contribution in [0.15, 0.2) is 41.6 Å². The van der Waals surface area contributed by atoms with Crippen LogP contribution >= 0.6 is 0 Å². The van der Waals surface area contributed by atoms with E-state index < -0.39 is 0 Å². The fraction of sp³-hybridized carbons (Fsp3) is 0.182. The van der Waals surface area contributed by atoms with Crippen molar-refractivity contribution in [2.75, 3.05) is 5.32 Å². The Bertz CT molecular complexity index is 521. The minimum Gasteiger partial charge on any atom is -0.360 e. The summed E-state index contributed by atoms with van der Waals surface area (Å²) in [5.41, 5.74) is 0.730. The summed E-state index contributed by atoms with van der Waals surface area (Å²) in [5, 5.41) is 2.96. The highest BCUT2D eigenvalue weighted by Gasteiger charge is 2.01. The van der Waals surface area contributed by atoms with Crippen molar-refractivity contribution in [3.63, 3.8) is 0 Å². The molecule has 5 heteroatoms. The van der Waals surface area contributed by atoms with Crippen LogP contribution in [0.1, 0.15) is 5.69 Å². The van der Waals surface area contributed by atoms with Gasteiger partial charge in [0.25, 0.3) is 5.56 Å². The lowest BCUT2D eigenvalue weighted by molar-refractivity contribution is 0.837. The van der Waals surface area contributed by atoms with Crippen LogP contribution in [0.2, 0.25) is 0 Å². The number of rotatable bonds is 3. The Morgan fingerprint density at radius 1 is 1.31 bits per heavy atom. The molecule has 5 nitrogen and oxygen atoms in total. The van der Waals surface area contributed by atoms with E-state index in [2.05, 4.69) is 15.3 Å². The van der Waals surface area contributed by atoms with Crippen molar-refractivity contribution in [2.24, 2.45) is 7.05 Å². The van der Waals surface area contributed by atoms with Crippen LogP contribution < -0.4 is 10.9 Å². The number of aryl methyl sites for hydroxylation is 1. The number of nitrogens with zero attached hydrogens (tertiary/aromatic N) is 3. The standard InChI is InChI=1S/C11H12N4O/c1-15-7-6-13-10(11(15)16)14-8-9-4-2-3-5-12-9/h2-7H,8H2,1H3,(H,13,14). The van der Waals surface area contributed by atoms with E-state index >= 15 is 0 Å². The van der Waals surface area contributed by atoms with Crippen LogP contribution in [-0.4, -0.2) is 14.5 Å². The molecule has 0 radical (unpaired) electrons. The Balaban J connectivity index is 2.11. The molecule has 2 rings (SSSR count). The van der Waals surface area contributed by atoms with Crippen LogP contribution in [0.25, 0.3) is 0 Å². The quantitative estimate of drug-likeness (QED) is 0.824. The Kier molecular flexibility index (Phi) is 2.95. The molecule has 0 aliphatic heterocycles. The minimum absolute atomic E-state index is 0.140. The largest absolute Gasteiger partial charge is 0.360 e. The first-order chi connectivity index (χ1) is 7.77. The molecule has 0 aliphatic carbocycles. The van der Waals surface area contributed by atoms with Crippen molar-refractivity contribution in [3.05, 3.63) is 52.8 Å². The molecule has 0 atom stereocenters. The van der Waals surface area contributed by atoms with Crippen molar-refractivity contribution < 1.29 is 0 Å². The number of aromatic nitrogens is 3. The van der Waals surface area contributed by atoms with Crippen LogP contribution in [0.3, 0.4) is 0 Å². The molecular weight excluding hydrogens is 204 g/mol. The Morgan fingerprint density at radius 2 is 2.19 bits per heavy atom. The summed E-state index contributed by atoms with van der Waals surface area (Å²) < 4.78 is 1.48. The molecule has 0 saturated carbocycles. The lowest BCUT2D eigenvalue weighted by Crippen LogP contribution is -2.21. The van der Waals surface area contributed by atoms with Gasteiger partial charge in [-0.3, -0.25) is 9.78 Å². The van der Waals surface area contributed by atoms with Gasteiger partial charge in [0.2, 0.25) is 0 Å². The molecule has 0 amide bonds. The van der Waals surface area contributed by atoms with Gasteiger partial charge in [-0.15, -0.1) is 0 Å². The van der Waals surface area contributed by atoms with Crippen LogP contribution in [0, 0.1) is 0 Å². The van der Waals surface area contributed by atoms with Crippen LogP contribution in [0.5, 0.6) is 0 Å². The van der Waals surface area contributed by atoms with E-state index in [-0.39, 0.29) is 5.56 Å². The van der Waals surface area contributed by atoms with E-state index in [9.17, 15) is 4.79 Å². The molecule has 0 unspecified atom stereocenters. The van der Waals surface area contributed by atoms with Crippen molar-refractivity contribution >= 4 is 5.82 Å².